The van der Waals surface area contributed by atoms with Crippen LogP contribution < -0.4 is 15.4 Å². The molecule has 104 valence electrons. The highest BCUT2D eigenvalue weighted by atomic mass is 32.2. The van der Waals surface area contributed by atoms with Crippen LogP contribution in [0.15, 0.2) is 30.3 Å². The SMILES string of the molecule is O=C1NC(O)NCC1S(=O)(=O)NCc1ccccc1. The van der Waals surface area contributed by atoms with Gasteiger partial charge < -0.3 is 10.4 Å². The number of aliphatic hydroxyl groups is 1. The second kappa shape index (κ2) is 5.66. The van der Waals surface area contributed by atoms with Crippen LogP contribution in [0.2, 0.25) is 0 Å². The van der Waals surface area contributed by atoms with Gasteiger partial charge in [0, 0.05) is 13.1 Å². The molecule has 2 rings (SSSR count). The van der Waals surface area contributed by atoms with E-state index in [1.54, 1.807) is 24.3 Å². The summed E-state index contributed by atoms with van der Waals surface area (Å²) < 4.78 is 26.3. The Labute approximate surface area is 111 Å². The quantitative estimate of drug-likeness (QED) is 0.537. The topological polar surface area (TPSA) is 108 Å². The first-order valence-corrected chi connectivity index (χ1v) is 7.28. The van der Waals surface area contributed by atoms with Crippen LogP contribution in [0.5, 0.6) is 0 Å². The Bertz CT molecular complexity index is 546. The number of aliphatic hydroxyl groups excluding tert-OH is 1. The van der Waals surface area contributed by atoms with Gasteiger partial charge in [0.2, 0.25) is 15.9 Å². The predicted octanol–water partition coefficient (Wildman–Crippen LogP) is -1.53. The molecule has 2 unspecified atom stereocenters. The minimum Gasteiger partial charge on any atom is -0.361 e. The van der Waals surface area contributed by atoms with Crippen molar-refractivity contribution in [3.8, 4) is 0 Å². The van der Waals surface area contributed by atoms with Gasteiger partial charge in [0.25, 0.3) is 0 Å². The Morgan fingerprint density at radius 1 is 1.32 bits per heavy atom. The monoisotopic (exact) mass is 285 g/mol. The van der Waals surface area contributed by atoms with E-state index in [2.05, 4.69) is 15.4 Å². The molecule has 7 nitrogen and oxygen atoms in total. The van der Waals surface area contributed by atoms with E-state index >= 15 is 0 Å². The van der Waals surface area contributed by atoms with E-state index in [9.17, 15) is 13.2 Å². The highest BCUT2D eigenvalue weighted by Gasteiger charge is 2.36. The number of sulfonamides is 1. The van der Waals surface area contributed by atoms with Gasteiger partial charge in [-0.15, -0.1) is 0 Å². The third-order valence-corrected chi connectivity index (χ3v) is 4.44. The molecule has 1 amide bonds. The van der Waals surface area contributed by atoms with Gasteiger partial charge in [-0.1, -0.05) is 30.3 Å². The van der Waals surface area contributed by atoms with Crippen molar-refractivity contribution >= 4 is 15.9 Å². The van der Waals surface area contributed by atoms with Crippen molar-refractivity contribution in [3.63, 3.8) is 0 Å². The molecule has 0 spiro atoms. The lowest BCUT2D eigenvalue weighted by atomic mass is 10.2. The maximum atomic E-state index is 12.0. The second-order valence-electron chi connectivity index (χ2n) is 4.16. The van der Waals surface area contributed by atoms with Gasteiger partial charge >= 0.3 is 0 Å². The van der Waals surface area contributed by atoms with Gasteiger partial charge in [-0.05, 0) is 5.56 Å². The van der Waals surface area contributed by atoms with Crippen molar-refractivity contribution in [2.24, 2.45) is 0 Å². The molecular formula is C11H15N3O4S. The summed E-state index contributed by atoms with van der Waals surface area (Å²) in [6, 6.07) is 9.00. The van der Waals surface area contributed by atoms with Crippen molar-refractivity contribution in [1.29, 1.82) is 0 Å². The molecule has 0 bridgehead atoms. The molecule has 4 N–H and O–H groups in total. The normalized spacial score (nSPS) is 23.9. The molecule has 0 saturated carbocycles. The first kappa shape index (κ1) is 13.9. The molecule has 1 saturated heterocycles. The van der Waals surface area contributed by atoms with E-state index < -0.39 is 27.5 Å². The smallest absolute Gasteiger partial charge is 0.244 e. The Kier molecular flexibility index (Phi) is 4.15. The van der Waals surface area contributed by atoms with Gasteiger partial charge in [0.15, 0.2) is 11.6 Å². The molecule has 1 aliphatic heterocycles. The van der Waals surface area contributed by atoms with Gasteiger partial charge in [0.1, 0.15) is 0 Å². The van der Waals surface area contributed by atoms with Crippen LogP contribution >= 0.6 is 0 Å². The van der Waals surface area contributed by atoms with E-state index in [0.717, 1.165) is 5.56 Å². The molecule has 1 heterocycles. The first-order valence-electron chi connectivity index (χ1n) is 5.73. The van der Waals surface area contributed by atoms with E-state index in [-0.39, 0.29) is 13.1 Å². The van der Waals surface area contributed by atoms with Crippen LogP contribution in [-0.4, -0.2) is 37.6 Å². The fraction of sp³-hybridized carbons (Fsp3) is 0.364. The maximum absolute atomic E-state index is 12.0. The third kappa shape index (κ3) is 3.51. The fourth-order valence-corrected chi connectivity index (χ4v) is 2.96. The number of rotatable bonds is 4. The van der Waals surface area contributed by atoms with Crippen molar-refractivity contribution in [1.82, 2.24) is 15.4 Å². The van der Waals surface area contributed by atoms with Crippen LogP contribution in [-0.2, 0) is 21.4 Å². The summed E-state index contributed by atoms with van der Waals surface area (Å²) in [7, 11) is -3.79. The van der Waals surface area contributed by atoms with Crippen LogP contribution in [0, 0.1) is 0 Å². The molecule has 1 aromatic rings. The summed E-state index contributed by atoms with van der Waals surface area (Å²) in [6.45, 7) is -0.00731. The van der Waals surface area contributed by atoms with Crippen molar-refractivity contribution < 1.29 is 18.3 Å². The second-order valence-corrected chi connectivity index (χ2v) is 6.11. The molecule has 1 aromatic carbocycles. The zero-order chi connectivity index (χ0) is 13.9. The van der Waals surface area contributed by atoms with E-state index in [1.807, 2.05) is 6.07 Å². The lowest BCUT2D eigenvalue weighted by Crippen LogP contribution is -2.62. The number of nitrogens with one attached hydrogen (secondary N) is 3. The Hall–Kier alpha value is -1.48. The van der Waals surface area contributed by atoms with Crippen molar-refractivity contribution in [2.45, 2.75) is 18.1 Å². The van der Waals surface area contributed by atoms with Gasteiger partial charge in [0.05, 0.1) is 0 Å². The number of benzene rings is 1. The molecule has 2 atom stereocenters. The van der Waals surface area contributed by atoms with Gasteiger partial charge in [-0.2, -0.15) is 0 Å². The first-order chi connectivity index (χ1) is 8.99. The van der Waals surface area contributed by atoms with Crippen LogP contribution in [0.25, 0.3) is 0 Å². The van der Waals surface area contributed by atoms with Gasteiger partial charge in [-0.25, -0.2) is 13.1 Å². The lowest BCUT2D eigenvalue weighted by Gasteiger charge is -2.26. The number of carbonyl (C=O) groups is 1. The molecule has 0 aliphatic carbocycles. The van der Waals surface area contributed by atoms with E-state index in [4.69, 9.17) is 5.11 Å². The predicted molar refractivity (Wildman–Crippen MR) is 68.1 cm³/mol. The molecule has 8 heteroatoms. The summed E-state index contributed by atoms with van der Waals surface area (Å²) in [5.74, 6) is -0.716. The summed E-state index contributed by atoms with van der Waals surface area (Å²) in [5, 5.41) is 12.5. The minimum atomic E-state index is -3.79. The lowest BCUT2D eigenvalue weighted by molar-refractivity contribution is -0.126. The molecular weight excluding hydrogens is 270 g/mol. The zero-order valence-corrected chi connectivity index (χ0v) is 10.9. The summed E-state index contributed by atoms with van der Waals surface area (Å²) in [5.41, 5.74) is 0.801. The van der Waals surface area contributed by atoms with Crippen LogP contribution in [0.1, 0.15) is 5.56 Å². The van der Waals surface area contributed by atoms with Crippen molar-refractivity contribution in [2.75, 3.05) is 6.54 Å². The number of hydrogen-bond donors (Lipinski definition) is 4. The average molecular weight is 285 g/mol. The average Bonchev–Trinajstić information content (AvgIpc) is 2.37. The number of amides is 1. The minimum absolute atomic E-state index is 0.121. The molecule has 0 radical (unpaired) electrons. The molecule has 1 aliphatic rings. The summed E-state index contributed by atoms with van der Waals surface area (Å²) in [4.78, 5) is 11.5. The third-order valence-electron chi connectivity index (χ3n) is 2.76. The van der Waals surface area contributed by atoms with Gasteiger partial charge in [-0.3, -0.25) is 10.1 Å². The van der Waals surface area contributed by atoms with Crippen LogP contribution in [0.4, 0.5) is 0 Å². The fourth-order valence-electron chi connectivity index (χ4n) is 1.72. The molecule has 0 aromatic heterocycles. The maximum Gasteiger partial charge on any atom is 0.244 e. The molecule has 1 fully saturated rings. The largest absolute Gasteiger partial charge is 0.361 e. The summed E-state index contributed by atoms with van der Waals surface area (Å²) in [6.07, 6.45) is -1.20. The standard InChI is InChI=1S/C11H15N3O4S/c15-10-9(7-12-11(16)14-10)19(17,18)13-6-8-4-2-1-3-5-8/h1-5,9,11-13,16H,6-7H2,(H,14,15). The Morgan fingerprint density at radius 2 is 2.00 bits per heavy atom. The summed E-state index contributed by atoms with van der Waals surface area (Å²) >= 11 is 0. The highest BCUT2D eigenvalue weighted by Crippen LogP contribution is 2.05. The Morgan fingerprint density at radius 3 is 2.63 bits per heavy atom. The number of carbonyl (C=O) groups excluding carboxylic acids is 1. The Balaban J connectivity index is 2.01. The van der Waals surface area contributed by atoms with E-state index in [0.29, 0.717) is 0 Å². The zero-order valence-electron chi connectivity index (χ0n) is 10.0. The van der Waals surface area contributed by atoms with Crippen LogP contribution in [0.3, 0.4) is 0 Å². The van der Waals surface area contributed by atoms with Crippen molar-refractivity contribution in [3.05, 3.63) is 35.9 Å². The number of hydrogen-bond acceptors (Lipinski definition) is 5. The van der Waals surface area contributed by atoms with E-state index in [1.165, 1.54) is 0 Å². The molecule has 19 heavy (non-hydrogen) atoms. The highest BCUT2D eigenvalue weighted by molar-refractivity contribution is 7.90.